The molecule has 0 spiro atoms. The summed E-state index contributed by atoms with van der Waals surface area (Å²) in [7, 11) is 0. The van der Waals surface area contributed by atoms with Crippen LogP contribution in [0.2, 0.25) is 0 Å². The average molecular weight is 765 g/mol. The molecular formula is C36H60O17. The predicted molar refractivity (Wildman–Crippen MR) is 179 cm³/mol. The molecule has 0 aromatic carbocycles. The first-order valence-electron chi connectivity index (χ1n) is 19.3. The minimum atomic E-state index is -1.67. The fourth-order valence-corrected chi connectivity index (χ4v) is 9.02. The summed E-state index contributed by atoms with van der Waals surface area (Å²) in [5.74, 6) is -0.458. The SMILES string of the molecule is OCC1OC(OC2CC(O)CC3OC(C4CCC(O)C(O)C4)C(OC4OC(COCC=CC5CCC(O)CC5)C(O)C(O)C4O)CC23)C(O)C(O)C1O. The van der Waals surface area contributed by atoms with Crippen LogP contribution < -0.4 is 0 Å². The molecule has 19 atom stereocenters. The third-order valence-electron chi connectivity index (χ3n) is 12.2. The van der Waals surface area contributed by atoms with Crippen LogP contribution in [0.25, 0.3) is 0 Å². The zero-order valence-electron chi connectivity index (χ0n) is 29.8. The molecule has 0 aromatic heterocycles. The van der Waals surface area contributed by atoms with Crippen molar-refractivity contribution in [1.82, 2.24) is 0 Å². The van der Waals surface area contributed by atoms with Crippen molar-refractivity contribution in [2.24, 2.45) is 17.8 Å². The Morgan fingerprint density at radius 1 is 0.566 bits per heavy atom. The van der Waals surface area contributed by atoms with E-state index in [0.717, 1.165) is 25.7 Å². The molecule has 6 rings (SSSR count). The van der Waals surface area contributed by atoms with Crippen LogP contribution in [-0.2, 0) is 28.4 Å². The molecule has 17 heteroatoms. The summed E-state index contributed by atoms with van der Waals surface area (Å²) in [5, 5.41) is 115. The second kappa shape index (κ2) is 18.5. The van der Waals surface area contributed by atoms with Crippen LogP contribution in [-0.4, -0.2) is 186 Å². The van der Waals surface area contributed by atoms with Crippen molar-refractivity contribution in [3.63, 3.8) is 0 Å². The van der Waals surface area contributed by atoms with Gasteiger partial charge in [-0.25, -0.2) is 0 Å². The summed E-state index contributed by atoms with van der Waals surface area (Å²) < 4.78 is 36.6. The van der Waals surface area contributed by atoms with Gasteiger partial charge in [0.2, 0.25) is 0 Å². The Hall–Kier alpha value is -0.940. The zero-order valence-corrected chi connectivity index (χ0v) is 29.8. The molecule has 0 radical (unpaired) electrons. The van der Waals surface area contributed by atoms with E-state index in [1.54, 1.807) is 0 Å². The number of hydrogen-bond donors (Lipinski definition) is 11. The fourth-order valence-electron chi connectivity index (χ4n) is 9.02. The van der Waals surface area contributed by atoms with Gasteiger partial charge in [0.15, 0.2) is 12.6 Å². The molecule has 0 amide bonds. The molecule has 3 saturated heterocycles. The number of aliphatic hydroxyl groups is 11. The molecule has 306 valence electrons. The van der Waals surface area contributed by atoms with Crippen LogP contribution in [0, 0.1) is 17.8 Å². The average Bonchev–Trinajstić information content (AvgIpc) is 3.14. The van der Waals surface area contributed by atoms with Gasteiger partial charge in [-0.1, -0.05) is 12.2 Å². The van der Waals surface area contributed by atoms with Gasteiger partial charge in [-0.05, 0) is 69.6 Å². The maximum absolute atomic E-state index is 11.1. The Bertz CT molecular complexity index is 1160. The lowest BCUT2D eigenvalue weighted by molar-refractivity contribution is -0.345. The van der Waals surface area contributed by atoms with Gasteiger partial charge in [0.25, 0.3) is 0 Å². The Balaban J connectivity index is 1.15. The molecule has 11 N–H and O–H groups in total. The smallest absolute Gasteiger partial charge is 0.187 e. The summed E-state index contributed by atoms with van der Waals surface area (Å²) in [4.78, 5) is 0. The number of allylic oxidation sites excluding steroid dienone is 1. The molecular weight excluding hydrogens is 704 g/mol. The number of ether oxygens (including phenoxy) is 6. The van der Waals surface area contributed by atoms with Crippen molar-refractivity contribution in [2.45, 2.75) is 174 Å². The summed E-state index contributed by atoms with van der Waals surface area (Å²) >= 11 is 0. The Morgan fingerprint density at radius 2 is 1.21 bits per heavy atom. The van der Waals surface area contributed by atoms with E-state index in [2.05, 4.69) is 0 Å². The molecule has 53 heavy (non-hydrogen) atoms. The van der Waals surface area contributed by atoms with Gasteiger partial charge in [-0.2, -0.15) is 0 Å². The van der Waals surface area contributed by atoms with Crippen molar-refractivity contribution in [3.05, 3.63) is 12.2 Å². The van der Waals surface area contributed by atoms with E-state index in [1.165, 1.54) is 0 Å². The second-order valence-corrected chi connectivity index (χ2v) is 16.0. The van der Waals surface area contributed by atoms with Crippen LogP contribution in [0.5, 0.6) is 0 Å². The summed E-state index contributed by atoms with van der Waals surface area (Å²) in [6, 6.07) is 0. The minimum Gasteiger partial charge on any atom is -0.394 e. The molecule has 3 aliphatic carbocycles. The third-order valence-corrected chi connectivity index (χ3v) is 12.2. The van der Waals surface area contributed by atoms with Crippen molar-refractivity contribution < 1.29 is 84.6 Å². The number of rotatable bonds is 11. The lowest BCUT2D eigenvalue weighted by Crippen LogP contribution is -2.63. The maximum Gasteiger partial charge on any atom is 0.187 e. The first-order chi connectivity index (χ1) is 25.3. The van der Waals surface area contributed by atoms with E-state index >= 15 is 0 Å². The largest absolute Gasteiger partial charge is 0.394 e. The van der Waals surface area contributed by atoms with E-state index in [4.69, 9.17) is 28.4 Å². The van der Waals surface area contributed by atoms with Crippen LogP contribution in [0.15, 0.2) is 12.2 Å². The zero-order chi connectivity index (χ0) is 38.0. The quantitative estimate of drug-likeness (QED) is 0.0736. The standard InChI is InChI=1S/C36H60O17/c37-14-26-28(42)30(44)32(46)35(52-26)50-24-12-19(39)11-23-20(24)13-25(34(49-23)17-5-8-21(40)22(41)10-17)51-36-33(47)31(45)29(43)27(53-36)15-48-9-1-2-16-3-6-18(38)7-4-16/h1-2,16-47H,3-15H2. The molecule has 0 bridgehead atoms. The topological polar surface area (TPSA) is 278 Å². The molecule has 3 heterocycles. The van der Waals surface area contributed by atoms with E-state index in [1.807, 2.05) is 12.2 Å². The monoisotopic (exact) mass is 764 g/mol. The van der Waals surface area contributed by atoms with Crippen LogP contribution in [0.4, 0.5) is 0 Å². The molecule has 19 unspecified atom stereocenters. The fraction of sp³-hybridized carbons (Fsp3) is 0.944. The number of aliphatic hydroxyl groups excluding tert-OH is 11. The van der Waals surface area contributed by atoms with E-state index in [9.17, 15) is 56.2 Å². The van der Waals surface area contributed by atoms with E-state index in [-0.39, 0.29) is 50.9 Å². The van der Waals surface area contributed by atoms with Gasteiger partial charge in [-0.15, -0.1) is 0 Å². The Labute approximate surface area is 308 Å². The number of hydrogen-bond acceptors (Lipinski definition) is 17. The Kier molecular flexibility index (Phi) is 14.6. The van der Waals surface area contributed by atoms with Crippen molar-refractivity contribution >= 4 is 0 Å². The summed E-state index contributed by atoms with van der Waals surface area (Å²) in [6.07, 6.45) is -12.2. The van der Waals surface area contributed by atoms with Gasteiger partial charge < -0.3 is 84.6 Å². The van der Waals surface area contributed by atoms with E-state index in [0.29, 0.717) is 18.8 Å². The van der Waals surface area contributed by atoms with Gasteiger partial charge in [0.1, 0.15) is 48.8 Å². The van der Waals surface area contributed by atoms with Gasteiger partial charge in [0.05, 0.1) is 68.7 Å². The molecule has 17 nitrogen and oxygen atoms in total. The Morgan fingerprint density at radius 3 is 1.87 bits per heavy atom. The van der Waals surface area contributed by atoms with E-state index < -0.39 is 117 Å². The predicted octanol–water partition coefficient (Wildman–Crippen LogP) is -3.06. The normalized spacial score (nSPS) is 51.3. The maximum atomic E-state index is 11.1. The molecule has 3 saturated carbocycles. The minimum absolute atomic E-state index is 0.0925. The molecule has 3 aliphatic heterocycles. The van der Waals surface area contributed by atoms with Gasteiger partial charge in [0, 0.05) is 12.3 Å². The van der Waals surface area contributed by atoms with Gasteiger partial charge in [-0.3, -0.25) is 0 Å². The first-order valence-corrected chi connectivity index (χ1v) is 19.3. The van der Waals surface area contributed by atoms with Crippen LogP contribution >= 0.6 is 0 Å². The third kappa shape index (κ3) is 9.79. The highest BCUT2D eigenvalue weighted by molar-refractivity contribution is 5.00. The molecule has 6 fully saturated rings. The number of fused-ring (bicyclic) bond motifs is 1. The molecule has 0 aromatic rings. The summed E-state index contributed by atoms with van der Waals surface area (Å²) in [5.41, 5.74) is 0. The lowest BCUT2D eigenvalue weighted by atomic mass is 9.72. The highest BCUT2D eigenvalue weighted by atomic mass is 16.7. The molecule has 6 aliphatic rings. The lowest BCUT2D eigenvalue weighted by Gasteiger charge is -2.52. The second-order valence-electron chi connectivity index (χ2n) is 16.0. The first kappa shape index (κ1) is 41.7. The van der Waals surface area contributed by atoms with Crippen LogP contribution in [0.3, 0.4) is 0 Å². The van der Waals surface area contributed by atoms with Crippen molar-refractivity contribution in [3.8, 4) is 0 Å². The van der Waals surface area contributed by atoms with Crippen molar-refractivity contribution in [1.29, 1.82) is 0 Å². The summed E-state index contributed by atoms with van der Waals surface area (Å²) in [6.45, 7) is -0.547. The van der Waals surface area contributed by atoms with Gasteiger partial charge >= 0.3 is 0 Å². The highest BCUT2D eigenvalue weighted by Gasteiger charge is 2.54. The highest BCUT2D eigenvalue weighted by Crippen LogP contribution is 2.45. The van der Waals surface area contributed by atoms with Crippen molar-refractivity contribution in [2.75, 3.05) is 19.8 Å². The van der Waals surface area contributed by atoms with Crippen LogP contribution in [0.1, 0.15) is 64.2 Å².